The van der Waals surface area contributed by atoms with E-state index >= 15 is 0 Å². The molecule has 0 saturated heterocycles. The van der Waals surface area contributed by atoms with Gasteiger partial charge in [-0.1, -0.05) is 18.2 Å². The third-order valence-electron chi connectivity index (χ3n) is 4.62. The number of aliphatic carboxylic acids is 1. The Kier molecular flexibility index (Phi) is 4.50. The van der Waals surface area contributed by atoms with Crippen molar-refractivity contribution in [1.82, 2.24) is 0 Å². The average Bonchev–Trinajstić information content (AvgIpc) is 3.05. The lowest BCUT2D eigenvalue weighted by Gasteiger charge is -2.19. The molecule has 1 heterocycles. The van der Waals surface area contributed by atoms with Gasteiger partial charge in [-0.3, -0.25) is 14.4 Å². The first-order valence-electron chi connectivity index (χ1n) is 8.35. The number of hydrogen-bond donors (Lipinski definition) is 2. The second-order valence-electron chi connectivity index (χ2n) is 6.80. The first-order valence-corrected chi connectivity index (χ1v) is 8.35. The third kappa shape index (κ3) is 3.18. The lowest BCUT2D eigenvalue weighted by molar-refractivity contribution is -0.151. The van der Waals surface area contributed by atoms with Crippen LogP contribution in [0.3, 0.4) is 0 Å². The molecule has 0 fully saturated rings. The van der Waals surface area contributed by atoms with Crippen molar-refractivity contribution in [3.8, 4) is 0 Å². The Morgan fingerprint density at radius 3 is 2.35 bits per heavy atom. The SMILES string of the molecule is CC(C)(C(=O)O)C(=O)Nc1ccc(C(=O)N2CCc3ccccc32)cc1. The van der Waals surface area contributed by atoms with Crippen LogP contribution in [-0.2, 0) is 16.0 Å². The largest absolute Gasteiger partial charge is 0.480 e. The summed E-state index contributed by atoms with van der Waals surface area (Å²) < 4.78 is 0. The third-order valence-corrected chi connectivity index (χ3v) is 4.62. The van der Waals surface area contributed by atoms with Crippen molar-refractivity contribution in [2.75, 3.05) is 16.8 Å². The molecule has 134 valence electrons. The summed E-state index contributed by atoms with van der Waals surface area (Å²) in [4.78, 5) is 37.7. The van der Waals surface area contributed by atoms with Crippen molar-refractivity contribution in [2.45, 2.75) is 20.3 Å². The summed E-state index contributed by atoms with van der Waals surface area (Å²) in [5, 5.41) is 11.7. The molecule has 0 saturated carbocycles. The van der Waals surface area contributed by atoms with Gasteiger partial charge in [0.1, 0.15) is 5.41 Å². The fraction of sp³-hybridized carbons (Fsp3) is 0.250. The maximum atomic E-state index is 12.8. The van der Waals surface area contributed by atoms with Gasteiger partial charge >= 0.3 is 5.97 Å². The molecule has 2 N–H and O–H groups in total. The minimum Gasteiger partial charge on any atom is -0.480 e. The van der Waals surface area contributed by atoms with Gasteiger partial charge in [0, 0.05) is 23.5 Å². The average molecular weight is 352 g/mol. The van der Waals surface area contributed by atoms with Crippen LogP contribution in [0.5, 0.6) is 0 Å². The van der Waals surface area contributed by atoms with Gasteiger partial charge in [-0.15, -0.1) is 0 Å². The summed E-state index contributed by atoms with van der Waals surface area (Å²) in [5.74, 6) is -1.91. The quantitative estimate of drug-likeness (QED) is 0.828. The topological polar surface area (TPSA) is 86.7 Å². The molecule has 26 heavy (non-hydrogen) atoms. The molecule has 0 aliphatic carbocycles. The Balaban J connectivity index is 1.73. The molecule has 2 aromatic rings. The Morgan fingerprint density at radius 1 is 1.04 bits per heavy atom. The summed E-state index contributed by atoms with van der Waals surface area (Å²) in [5.41, 5.74) is 1.51. The van der Waals surface area contributed by atoms with Gasteiger partial charge in [0.25, 0.3) is 5.91 Å². The molecule has 2 amide bonds. The van der Waals surface area contributed by atoms with Crippen LogP contribution in [0.4, 0.5) is 11.4 Å². The fourth-order valence-electron chi connectivity index (χ4n) is 2.79. The zero-order chi connectivity index (χ0) is 18.9. The second kappa shape index (κ2) is 6.63. The van der Waals surface area contributed by atoms with Crippen LogP contribution in [0.1, 0.15) is 29.8 Å². The molecular formula is C20H20N2O4. The van der Waals surface area contributed by atoms with Gasteiger partial charge < -0.3 is 15.3 Å². The van der Waals surface area contributed by atoms with E-state index in [0.717, 1.165) is 17.7 Å². The smallest absolute Gasteiger partial charge is 0.318 e. The molecule has 0 atom stereocenters. The fourth-order valence-corrected chi connectivity index (χ4v) is 2.79. The summed E-state index contributed by atoms with van der Waals surface area (Å²) in [6.07, 6.45) is 0.834. The Bertz CT molecular complexity index is 872. The molecule has 6 heteroatoms. The first-order chi connectivity index (χ1) is 12.3. The highest BCUT2D eigenvalue weighted by Gasteiger charge is 2.36. The van der Waals surface area contributed by atoms with Crippen LogP contribution in [0.15, 0.2) is 48.5 Å². The Hall–Kier alpha value is -3.15. The van der Waals surface area contributed by atoms with E-state index in [1.807, 2.05) is 24.3 Å². The summed E-state index contributed by atoms with van der Waals surface area (Å²) in [6, 6.07) is 14.3. The molecule has 0 spiro atoms. The van der Waals surface area contributed by atoms with Gasteiger partial charge in [-0.25, -0.2) is 0 Å². The number of amides is 2. The van der Waals surface area contributed by atoms with Crippen LogP contribution < -0.4 is 10.2 Å². The molecule has 0 bridgehead atoms. The molecule has 1 aliphatic heterocycles. The lowest BCUT2D eigenvalue weighted by Crippen LogP contribution is -2.37. The predicted octanol–water partition coefficient (Wildman–Crippen LogP) is 2.94. The van der Waals surface area contributed by atoms with Gasteiger partial charge in [-0.05, 0) is 56.2 Å². The number of para-hydroxylation sites is 1. The van der Waals surface area contributed by atoms with Crippen molar-refractivity contribution in [2.24, 2.45) is 5.41 Å². The zero-order valence-corrected chi connectivity index (χ0v) is 14.7. The number of nitrogens with zero attached hydrogens (tertiary/aromatic N) is 1. The predicted molar refractivity (Wildman–Crippen MR) is 98.3 cm³/mol. The molecule has 0 unspecified atom stereocenters. The van der Waals surface area contributed by atoms with E-state index in [1.54, 1.807) is 29.2 Å². The van der Waals surface area contributed by atoms with Crippen molar-refractivity contribution in [3.63, 3.8) is 0 Å². The number of nitrogens with one attached hydrogen (secondary N) is 1. The minimum atomic E-state index is -1.53. The molecular weight excluding hydrogens is 332 g/mol. The van der Waals surface area contributed by atoms with E-state index in [4.69, 9.17) is 5.11 Å². The maximum Gasteiger partial charge on any atom is 0.318 e. The summed E-state index contributed by atoms with van der Waals surface area (Å²) >= 11 is 0. The van der Waals surface area contributed by atoms with Crippen LogP contribution in [-0.4, -0.2) is 29.4 Å². The number of rotatable bonds is 4. The van der Waals surface area contributed by atoms with Crippen molar-refractivity contribution >= 4 is 29.2 Å². The van der Waals surface area contributed by atoms with E-state index < -0.39 is 17.3 Å². The number of carboxylic acid groups (broad SMARTS) is 1. The number of fused-ring (bicyclic) bond motifs is 1. The minimum absolute atomic E-state index is 0.0984. The first kappa shape index (κ1) is 17.7. The molecule has 6 nitrogen and oxygen atoms in total. The monoisotopic (exact) mass is 352 g/mol. The molecule has 2 aromatic carbocycles. The summed E-state index contributed by atoms with van der Waals surface area (Å²) in [7, 11) is 0. The number of carbonyl (C=O) groups is 3. The molecule has 0 aromatic heterocycles. The molecule has 1 aliphatic rings. The van der Waals surface area contributed by atoms with Crippen LogP contribution >= 0.6 is 0 Å². The van der Waals surface area contributed by atoms with Crippen molar-refractivity contribution < 1.29 is 19.5 Å². The van der Waals surface area contributed by atoms with E-state index in [2.05, 4.69) is 5.32 Å². The standard InChI is InChI=1S/C20H20N2O4/c1-20(2,19(25)26)18(24)21-15-9-7-14(8-10-15)17(23)22-12-11-13-5-3-4-6-16(13)22/h3-10H,11-12H2,1-2H3,(H,21,24)(H,25,26). The van der Waals surface area contributed by atoms with E-state index in [-0.39, 0.29) is 5.91 Å². The van der Waals surface area contributed by atoms with Crippen LogP contribution in [0.25, 0.3) is 0 Å². The number of carboxylic acids is 1. The number of benzene rings is 2. The number of hydrogen-bond acceptors (Lipinski definition) is 3. The zero-order valence-electron chi connectivity index (χ0n) is 14.7. The Labute approximate surface area is 151 Å². The van der Waals surface area contributed by atoms with E-state index in [9.17, 15) is 14.4 Å². The summed E-state index contributed by atoms with van der Waals surface area (Å²) in [6.45, 7) is 3.32. The normalized spacial score (nSPS) is 13.2. The lowest BCUT2D eigenvalue weighted by atomic mass is 9.92. The second-order valence-corrected chi connectivity index (χ2v) is 6.80. The Morgan fingerprint density at radius 2 is 1.69 bits per heavy atom. The van der Waals surface area contributed by atoms with E-state index in [1.165, 1.54) is 13.8 Å². The highest BCUT2D eigenvalue weighted by atomic mass is 16.4. The van der Waals surface area contributed by atoms with Gasteiger partial charge in [-0.2, -0.15) is 0 Å². The van der Waals surface area contributed by atoms with Crippen molar-refractivity contribution in [1.29, 1.82) is 0 Å². The van der Waals surface area contributed by atoms with E-state index in [0.29, 0.717) is 17.8 Å². The highest BCUT2D eigenvalue weighted by molar-refractivity contribution is 6.09. The van der Waals surface area contributed by atoms with Crippen molar-refractivity contribution in [3.05, 3.63) is 59.7 Å². The number of anilines is 2. The van der Waals surface area contributed by atoms with Crippen LogP contribution in [0.2, 0.25) is 0 Å². The molecule has 3 rings (SSSR count). The number of carbonyl (C=O) groups excluding carboxylic acids is 2. The van der Waals surface area contributed by atoms with Gasteiger partial charge in [0.15, 0.2) is 0 Å². The van der Waals surface area contributed by atoms with Gasteiger partial charge in [0.2, 0.25) is 5.91 Å². The van der Waals surface area contributed by atoms with Gasteiger partial charge in [0.05, 0.1) is 0 Å². The maximum absolute atomic E-state index is 12.8. The molecule has 0 radical (unpaired) electrons. The highest BCUT2D eigenvalue weighted by Crippen LogP contribution is 2.29. The van der Waals surface area contributed by atoms with Crippen LogP contribution in [0, 0.1) is 5.41 Å².